The van der Waals surface area contributed by atoms with Crippen LogP contribution in [0, 0.1) is 20.8 Å². The number of carbonyl (C=O) groups excluding carboxylic acids is 1. The summed E-state index contributed by atoms with van der Waals surface area (Å²) in [7, 11) is 0. The van der Waals surface area contributed by atoms with Gasteiger partial charge < -0.3 is 14.6 Å². The molecule has 0 spiro atoms. The largest absolute Gasteiger partial charge is 0.493 e. The summed E-state index contributed by atoms with van der Waals surface area (Å²) in [5.74, 6) is 1.60. The molecule has 4 heteroatoms. The van der Waals surface area contributed by atoms with Gasteiger partial charge >= 0.3 is 0 Å². The SMILES string of the molecule is Cc1cc(OCCC2(O)CCC2)cc(C)c1-c1cccc(COc2ccc(C=O)cc2)c1C. The van der Waals surface area contributed by atoms with Crippen molar-refractivity contribution in [1.82, 2.24) is 0 Å². The van der Waals surface area contributed by atoms with Crippen molar-refractivity contribution in [2.24, 2.45) is 0 Å². The lowest BCUT2D eigenvalue weighted by Gasteiger charge is -2.36. The number of ether oxygens (including phenoxy) is 2. The molecule has 172 valence electrons. The number of aliphatic hydroxyl groups is 1. The van der Waals surface area contributed by atoms with Crippen LogP contribution in [-0.2, 0) is 6.61 Å². The monoisotopic (exact) mass is 444 g/mol. The van der Waals surface area contributed by atoms with Crippen LogP contribution >= 0.6 is 0 Å². The molecule has 0 amide bonds. The summed E-state index contributed by atoms with van der Waals surface area (Å²) in [5.41, 5.74) is 7.18. The second kappa shape index (κ2) is 9.80. The third kappa shape index (κ3) is 5.28. The van der Waals surface area contributed by atoms with Gasteiger partial charge in [-0.25, -0.2) is 0 Å². The minimum atomic E-state index is -0.514. The minimum Gasteiger partial charge on any atom is -0.493 e. The summed E-state index contributed by atoms with van der Waals surface area (Å²) in [6.45, 7) is 7.36. The number of aldehydes is 1. The van der Waals surface area contributed by atoms with Crippen LogP contribution in [-0.4, -0.2) is 23.6 Å². The Hall–Kier alpha value is -3.11. The smallest absolute Gasteiger partial charge is 0.150 e. The van der Waals surface area contributed by atoms with Crippen molar-refractivity contribution in [3.63, 3.8) is 0 Å². The molecule has 33 heavy (non-hydrogen) atoms. The molecule has 0 saturated heterocycles. The van der Waals surface area contributed by atoms with E-state index in [4.69, 9.17) is 9.47 Å². The lowest BCUT2D eigenvalue weighted by Crippen LogP contribution is -2.38. The van der Waals surface area contributed by atoms with Crippen molar-refractivity contribution in [3.05, 3.63) is 82.4 Å². The highest BCUT2D eigenvalue weighted by Crippen LogP contribution is 2.36. The first-order valence-corrected chi connectivity index (χ1v) is 11.6. The zero-order chi connectivity index (χ0) is 23.4. The second-order valence-electron chi connectivity index (χ2n) is 9.17. The summed E-state index contributed by atoms with van der Waals surface area (Å²) >= 11 is 0. The minimum absolute atomic E-state index is 0.461. The normalized spacial score (nSPS) is 14.4. The van der Waals surface area contributed by atoms with Crippen LogP contribution in [0.5, 0.6) is 11.5 Å². The maximum Gasteiger partial charge on any atom is 0.150 e. The van der Waals surface area contributed by atoms with Crippen molar-refractivity contribution in [3.8, 4) is 22.6 Å². The lowest BCUT2D eigenvalue weighted by atomic mass is 9.78. The maximum absolute atomic E-state index is 10.8. The topological polar surface area (TPSA) is 55.8 Å². The zero-order valence-corrected chi connectivity index (χ0v) is 19.7. The predicted molar refractivity (Wildman–Crippen MR) is 131 cm³/mol. The summed E-state index contributed by atoms with van der Waals surface area (Å²) in [6, 6.07) is 17.6. The standard InChI is InChI=1S/C29H32O4/c1-20-16-26(32-15-14-29(31)12-5-13-29)17-21(2)28(20)27-7-4-6-24(22(27)3)19-33-25-10-8-23(18-30)9-11-25/h4,6-11,16-18,31H,5,12-15,19H2,1-3H3. The van der Waals surface area contributed by atoms with Crippen molar-refractivity contribution >= 4 is 6.29 Å². The molecule has 1 saturated carbocycles. The van der Waals surface area contributed by atoms with Crippen LogP contribution < -0.4 is 9.47 Å². The molecule has 1 N–H and O–H groups in total. The van der Waals surface area contributed by atoms with E-state index in [0.29, 0.717) is 25.2 Å². The zero-order valence-electron chi connectivity index (χ0n) is 19.7. The van der Waals surface area contributed by atoms with E-state index in [0.717, 1.165) is 53.7 Å². The molecule has 0 unspecified atom stereocenters. The van der Waals surface area contributed by atoms with E-state index in [-0.39, 0.29) is 0 Å². The number of hydrogen-bond donors (Lipinski definition) is 1. The van der Waals surface area contributed by atoms with Crippen molar-refractivity contribution in [1.29, 1.82) is 0 Å². The van der Waals surface area contributed by atoms with Gasteiger partial charge in [0.15, 0.2) is 0 Å². The number of aryl methyl sites for hydroxylation is 2. The quantitative estimate of drug-likeness (QED) is 0.391. The van der Waals surface area contributed by atoms with Crippen LogP contribution in [0.1, 0.15) is 58.3 Å². The molecule has 0 aromatic heterocycles. The third-order valence-corrected chi connectivity index (χ3v) is 6.75. The summed E-state index contributed by atoms with van der Waals surface area (Å²) in [4.78, 5) is 10.8. The van der Waals surface area contributed by atoms with Crippen LogP contribution in [0.3, 0.4) is 0 Å². The summed E-state index contributed by atoms with van der Waals surface area (Å²) in [6.07, 6.45) is 4.40. The summed E-state index contributed by atoms with van der Waals surface area (Å²) in [5, 5.41) is 10.3. The highest BCUT2D eigenvalue weighted by atomic mass is 16.5. The van der Waals surface area contributed by atoms with Crippen molar-refractivity contribution in [2.45, 2.75) is 58.7 Å². The Balaban J connectivity index is 1.48. The van der Waals surface area contributed by atoms with E-state index in [1.165, 1.54) is 16.7 Å². The molecule has 0 aliphatic heterocycles. The Morgan fingerprint density at radius 2 is 1.64 bits per heavy atom. The fraction of sp³-hybridized carbons (Fsp3) is 0.345. The van der Waals surface area contributed by atoms with Crippen molar-refractivity contribution < 1.29 is 19.4 Å². The summed E-state index contributed by atoms with van der Waals surface area (Å²) < 4.78 is 12.0. The van der Waals surface area contributed by atoms with E-state index < -0.39 is 5.60 Å². The van der Waals surface area contributed by atoms with E-state index in [1.807, 2.05) is 12.1 Å². The molecule has 1 aliphatic rings. The van der Waals surface area contributed by atoms with Crippen LogP contribution in [0.15, 0.2) is 54.6 Å². The average Bonchev–Trinajstić information content (AvgIpc) is 2.78. The molecular weight excluding hydrogens is 412 g/mol. The number of rotatable bonds is 9. The Morgan fingerprint density at radius 1 is 0.939 bits per heavy atom. The second-order valence-corrected chi connectivity index (χ2v) is 9.17. The molecule has 4 rings (SSSR count). The first-order valence-electron chi connectivity index (χ1n) is 11.6. The number of carbonyl (C=O) groups is 1. The number of benzene rings is 3. The van der Waals surface area contributed by atoms with Gasteiger partial charge in [-0.05, 0) is 110 Å². The van der Waals surface area contributed by atoms with Gasteiger partial charge in [-0.1, -0.05) is 18.2 Å². The average molecular weight is 445 g/mol. The van der Waals surface area contributed by atoms with Crippen LogP contribution in [0.2, 0.25) is 0 Å². The van der Waals surface area contributed by atoms with Gasteiger partial charge in [0.2, 0.25) is 0 Å². The highest BCUT2D eigenvalue weighted by molar-refractivity contribution is 5.76. The molecule has 0 bridgehead atoms. The molecule has 1 aliphatic carbocycles. The highest BCUT2D eigenvalue weighted by Gasteiger charge is 2.33. The van der Waals surface area contributed by atoms with Crippen LogP contribution in [0.4, 0.5) is 0 Å². The lowest BCUT2D eigenvalue weighted by molar-refractivity contribution is -0.0482. The molecule has 4 nitrogen and oxygen atoms in total. The van der Waals surface area contributed by atoms with Gasteiger partial charge in [-0.2, -0.15) is 0 Å². The van der Waals surface area contributed by atoms with Crippen LogP contribution in [0.25, 0.3) is 11.1 Å². The third-order valence-electron chi connectivity index (χ3n) is 6.75. The van der Waals surface area contributed by atoms with Gasteiger partial charge in [0.1, 0.15) is 24.4 Å². The fourth-order valence-corrected chi connectivity index (χ4v) is 4.54. The molecule has 0 heterocycles. The predicted octanol–water partition coefficient (Wildman–Crippen LogP) is 6.35. The molecule has 0 radical (unpaired) electrons. The first kappa shape index (κ1) is 23.1. The first-order chi connectivity index (χ1) is 15.9. The Labute approximate surface area is 196 Å². The molecule has 1 fully saturated rings. The van der Waals surface area contributed by atoms with Gasteiger partial charge in [0, 0.05) is 12.0 Å². The fourth-order valence-electron chi connectivity index (χ4n) is 4.54. The van der Waals surface area contributed by atoms with Gasteiger partial charge in [-0.15, -0.1) is 0 Å². The van der Waals surface area contributed by atoms with Gasteiger partial charge in [0.25, 0.3) is 0 Å². The number of hydrogen-bond acceptors (Lipinski definition) is 4. The molecule has 0 atom stereocenters. The Morgan fingerprint density at radius 3 is 2.24 bits per heavy atom. The van der Waals surface area contributed by atoms with Gasteiger partial charge in [-0.3, -0.25) is 4.79 Å². The molecular formula is C29H32O4. The molecule has 3 aromatic carbocycles. The Kier molecular flexibility index (Phi) is 6.85. The molecule has 3 aromatic rings. The Bertz CT molecular complexity index is 1100. The van der Waals surface area contributed by atoms with Crippen molar-refractivity contribution in [2.75, 3.05) is 6.61 Å². The van der Waals surface area contributed by atoms with E-state index >= 15 is 0 Å². The van der Waals surface area contributed by atoms with E-state index in [2.05, 4.69) is 51.1 Å². The van der Waals surface area contributed by atoms with Gasteiger partial charge in [0.05, 0.1) is 12.2 Å². The maximum atomic E-state index is 10.8. The van der Waals surface area contributed by atoms with E-state index in [1.54, 1.807) is 12.1 Å². The van der Waals surface area contributed by atoms with E-state index in [9.17, 15) is 9.90 Å².